The zero-order valence-corrected chi connectivity index (χ0v) is 14.4. The van der Waals surface area contributed by atoms with Crippen molar-refractivity contribution in [2.45, 2.75) is 20.0 Å². The Morgan fingerprint density at radius 1 is 1.24 bits per heavy atom. The van der Waals surface area contributed by atoms with Crippen LogP contribution in [-0.4, -0.2) is 34.2 Å². The minimum atomic E-state index is -1.42. The first kappa shape index (κ1) is 17.0. The molecule has 0 aliphatic heterocycles. The summed E-state index contributed by atoms with van der Waals surface area (Å²) < 4.78 is 11.9. The molecule has 0 aliphatic carbocycles. The Kier molecular flexibility index (Phi) is 4.72. The number of pyridine rings is 1. The molecule has 2 heterocycles. The number of fused-ring (bicyclic) bond motifs is 1. The van der Waals surface area contributed by atoms with E-state index in [1.54, 1.807) is 18.4 Å². The maximum absolute atomic E-state index is 12.1. The summed E-state index contributed by atoms with van der Waals surface area (Å²) in [6.07, 6.45) is 0.418. The number of esters is 1. The predicted octanol–water partition coefficient (Wildman–Crippen LogP) is 2.91. The molecule has 3 rings (SSSR count). The number of carbonyl (C=O) groups is 1. The first-order valence-electron chi connectivity index (χ1n) is 8.03. The highest BCUT2D eigenvalue weighted by Crippen LogP contribution is 2.31. The minimum absolute atomic E-state index is 0.198. The number of hydrogen-bond donors (Lipinski definition) is 1. The number of aliphatic hydroxyl groups excluding tert-OH is 1. The second-order valence-corrected chi connectivity index (χ2v) is 5.66. The van der Waals surface area contributed by atoms with Crippen molar-refractivity contribution in [1.29, 1.82) is 0 Å². The van der Waals surface area contributed by atoms with Gasteiger partial charge < -0.3 is 14.6 Å². The number of hydrogen-bond acceptors (Lipinski definition) is 5. The summed E-state index contributed by atoms with van der Waals surface area (Å²) >= 11 is 0. The molecule has 6 nitrogen and oxygen atoms in total. The number of benzene rings is 1. The number of aryl methyl sites for hydroxylation is 1. The van der Waals surface area contributed by atoms with E-state index in [1.165, 1.54) is 0 Å². The lowest BCUT2D eigenvalue weighted by atomic mass is 10.1. The van der Waals surface area contributed by atoms with Gasteiger partial charge in [0.05, 0.1) is 25.1 Å². The molecule has 3 aromatic rings. The quantitative estimate of drug-likeness (QED) is 0.723. The molecule has 0 radical (unpaired) electrons. The lowest BCUT2D eigenvalue weighted by Crippen LogP contribution is -2.17. The summed E-state index contributed by atoms with van der Waals surface area (Å²) in [6, 6.07) is 11.1. The molecule has 6 heteroatoms. The Hall–Kier alpha value is -2.86. The average Bonchev–Trinajstić information content (AvgIpc) is 2.99. The fourth-order valence-electron chi connectivity index (χ4n) is 2.72. The summed E-state index contributed by atoms with van der Waals surface area (Å²) in [7, 11) is 1.60. The zero-order chi connectivity index (χ0) is 18.0. The second-order valence-electron chi connectivity index (χ2n) is 5.66. The highest BCUT2D eigenvalue weighted by Gasteiger charge is 2.27. The lowest BCUT2D eigenvalue weighted by molar-refractivity contribution is -0.153. The van der Waals surface area contributed by atoms with E-state index >= 15 is 0 Å². The number of methoxy groups -OCH3 is 1. The third-order valence-corrected chi connectivity index (χ3v) is 3.94. The molecule has 1 atom stereocenters. The van der Waals surface area contributed by atoms with Gasteiger partial charge in [0.1, 0.15) is 11.4 Å². The van der Waals surface area contributed by atoms with Crippen molar-refractivity contribution in [3.63, 3.8) is 0 Å². The number of aromatic nitrogens is 2. The van der Waals surface area contributed by atoms with Gasteiger partial charge in [0.25, 0.3) is 0 Å². The summed E-state index contributed by atoms with van der Waals surface area (Å²) in [6.45, 7) is 3.84. The molecule has 130 valence electrons. The zero-order valence-electron chi connectivity index (χ0n) is 14.4. The molecule has 0 amide bonds. The number of carbonyl (C=O) groups excluding carboxylic acids is 1. The van der Waals surface area contributed by atoms with Crippen LogP contribution in [0.15, 0.2) is 42.6 Å². The van der Waals surface area contributed by atoms with Crippen molar-refractivity contribution in [1.82, 2.24) is 9.38 Å². The Balaban J connectivity index is 2.19. The monoisotopic (exact) mass is 340 g/mol. The molecule has 1 unspecified atom stereocenters. The van der Waals surface area contributed by atoms with Gasteiger partial charge in [-0.15, -0.1) is 0 Å². The van der Waals surface area contributed by atoms with Gasteiger partial charge >= 0.3 is 5.97 Å². The molecule has 25 heavy (non-hydrogen) atoms. The molecule has 0 saturated heterocycles. The second kappa shape index (κ2) is 6.94. The van der Waals surface area contributed by atoms with E-state index in [-0.39, 0.29) is 6.61 Å². The van der Waals surface area contributed by atoms with Crippen LogP contribution in [-0.2, 0) is 9.53 Å². The number of imidazole rings is 1. The van der Waals surface area contributed by atoms with E-state index in [1.807, 2.05) is 49.5 Å². The molecule has 2 aromatic heterocycles. The van der Waals surface area contributed by atoms with Gasteiger partial charge in [-0.1, -0.05) is 6.07 Å². The summed E-state index contributed by atoms with van der Waals surface area (Å²) in [5.41, 5.74) is 3.34. The Morgan fingerprint density at radius 2 is 1.96 bits per heavy atom. The van der Waals surface area contributed by atoms with Crippen LogP contribution in [0.25, 0.3) is 16.9 Å². The number of ether oxygens (including phenoxy) is 2. The Morgan fingerprint density at radius 3 is 2.60 bits per heavy atom. The van der Waals surface area contributed by atoms with Crippen LogP contribution >= 0.6 is 0 Å². The van der Waals surface area contributed by atoms with Gasteiger partial charge in [0.15, 0.2) is 6.10 Å². The van der Waals surface area contributed by atoms with E-state index in [0.717, 1.165) is 16.9 Å². The van der Waals surface area contributed by atoms with Crippen LogP contribution in [0, 0.1) is 6.92 Å². The molecular formula is C19H20N2O4. The van der Waals surface area contributed by atoms with Gasteiger partial charge in [0, 0.05) is 11.8 Å². The Labute approximate surface area is 145 Å². The van der Waals surface area contributed by atoms with Gasteiger partial charge in [-0.3, -0.25) is 4.40 Å². The molecule has 1 N–H and O–H groups in total. The van der Waals surface area contributed by atoms with Gasteiger partial charge in [-0.2, -0.15) is 0 Å². The van der Waals surface area contributed by atoms with Crippen LogP contribution in [0.3, 0.4) is 0 Å². The normalized spacial score (nSPS) is 12.2. The average molecular weight is 340 g/mol. The fourth-order valence-corrected chi connectivity index (χ4v) is 2.72. The lowest BCUT2D eigenvalue weighted by Gasteiger charge is -2.12. The molecule has 0 spiro atoms. The van der Waals surface area contributed by atoms with Crippen molar-refractivity contribution in [3.05, 3.63) is 53.9 Å². The molecule has 0 aliphatic rings. The summed E-state index contributed by atoms with van der Waals surface area (Å²) in [5, 5.41) is 10.6. The first-order valence-corrected chi connectivity index (χ1v) is 8.03. The molecular weight excluding hydrogens is 320 g/mol. The largest absolute Gasteiger partial charge is 0.497 e. The summed E-state index contributed by atoms with van der Waals surface area (Å²) in [5.74, 6) is 0.0245. The SMILES string of the molecule is CCOC(=O)C(O)c1c(-c2ccc(OC)cc2)nc2ccc(C)cn12. The third kappa shape index (κ3) is 3.21. The minimum Gasteiger partial charge on any atom is -0.497 e. The number of rotatable bonds is 5. The predicted molar refractivity (Wildman–Crippen MR) is 93.5 cm³/mol. The number of nitrogens with zero attached hydrogens (tertiary/aromatic N) is 2. The van der Waals surface area contributed by atoms with Crippen LogP contribution in [0.1, 0.15) is 24.3 Å². The van der Waals surface area contributed by atoms with E-state index < -0.39 is 12.1 Å². The topological polar surface area (TPSA) is 73.1 Å². The molecule has 0 fully saturated rings. The highest BCUT2D eigenvalue weighted by atomic mass is 16.5. The van der Waals surface area contributed by atoms with Crippen molar-refractivity contribution < 1.29 is 19.4 Å². The maximum Gasteiger partial charge on any atom is 0.341 e. The molecule has 1 aromatic carbocycles. The van der Waals surface area contributed by atoms with E-state index in [9.17, 15) is 9.90 Å². The van der Waals surface area contributed by atoms with Gasteiger partial charge in [0.2, 0.25) is 0 Å². The maximum atomic E-state index is 12.1. The van der Waals surface area contributed by atoms with Gasteiger partial charge in [-0.05, 0) is 49.7 Å². The smallest absolute Gasteiger partial charge is 0.341 e. The molecule has 0 bridgehead atoms. The van der Waals surface area contributed by atoms with E-state index in [0.29, 0.717) is 17.0 Å². The molecule has 0 saturated carbocycles. The number of aliphatic hydroxyl groups is 1. The fraction of sp³-hybridized carbons (Fsp3) is 0.263. The summed E-state index contributed by atoms with van der Waals surface area (Å²) in [4.78, 5) is 16.7. The van der Waals surface area contributed by atoms with Crippen LogP contribution in [0.5, 0.6) is 5.75 Å². The van der Waals surface area contributed by atoms with Crippen molar-refractivity contribution in [3.8, 4) is 17.0 Å². The standard InChI is InChI=1S/C19H20N2O4/c1-4-25-19(23)18(22)17-16(13-6-8-14(24-3)9-7-13)20-15-10-5-12(2)11-21(15)17/h5-11,18,22H,4H2,1-3H3. The third-order valence-electron chi connectivity index (χ3n) is 3.94. The van der Waals surface area contributed by atoms with Crippen molar-refractivity contribution in [2.24, 2.45) is 0 Å². The van der Waals surface area contributed by atoms with Crippen LogP contribution in [0.2, 0.25) is 0 Å². The van der Waals surface area contributed by atoms with Gasteiger partial charge in [-0.25, -0.2) is 9.78 Å². The van der Waals surface area contributed by atoms with Crippen molar-refractivity contribution in [2.75, 3.05) is 13.7 Å². The van der Waals surface area contributed by atoms with Crippen molar-refractivity contribution >= 4 is 11.6 Å². The Bertz CT molecular complexity index is 900. The highest BCUT2D eigenvalue weighted by molar-refractivity contribution is 5.80. The first-order chi connectivity index (χ1) is 12.0. The van der Waals surface area contributed by atoms with E-state index in [2.05, 4.69) is 4.98 Å². The van der Waals surface area contributed by atoms with Crippen LogP contribution < -0.4 is 4.74 Å². The van der Waals surface area contributed by atoms with E-state index in [4.69, 9.17) is 9.47 Å². The van der Waals surface area contributed by atoms with Crippen LogP contribution in [0.4, 0.5) is 0 Å².